The van der Waals surface area contributed by atoms with Gasteiger partial charge >= 0.3 is 0 Å². The van der Waals surface area contributed by atoms with Crippen LogP contribution in [0.25, 0.3) is 0 Å². The molecule has 2 N–H and O–H groups in total. The Morgan fingerprint density at radius 1 is 1.33 bits per heavy atom. The molecule has 1 aromatic rings. The summed E-state index contributed by atoms with van der Waals surface area (Å²) in [6, 6.07) is 5.85. The van der Waals surface area contributed by atoms with Crippen LogP contribution in [0.4, 0.5) is 0 Å². The molecular formula is C12H16ClNO. The molecule has 0 amide bonds. The molecule has 1 aromatic carbocycles. The van der Waals surface area contributed by atoms with Crippen molar-refractivity contribution in [3.05, 3.63) is 28.8 Å². The number of phenolic OH excluding ortho intramolecular Hbond substituents is 1. The van der Waals surface area contributed by atoms with Crippen molar-refractivity contribution >= 4 is 11.6 Å². The predicted molar refractivity (Wildman–Crippen MR) is 62.2 cm³/mol. The summed E-state index contributed by atoms with van der Waals surface area (Å²) in [5.74, 6) is 0.285. The maximum atomic E-state index is 9.64. The molecular weight excluding hydrogens is 210 g/mol. The zero-order chi connectivity index (χ0) is 10.7. The minimum absolute atomic E-state index is 0.285. The Bertz CT molecular complexity index is 314. The SMILES string of the molecule is Oc1cccc(Cl)c1CNC1CCCC1. The molecule has 3 heteroatoms. The van der Waals surface area contributed by atoms with Gasteiger partial charge in [-0.15, -0.1) is 0 Å². The molecule has 2 rings (SSSR count). The summed E-state index contributed by atoms with van der Waals surface area (Å²) in [5.41, 5.74) is 0.811. The summed E-state index contributed by atoms with van der Waals surface area (Å²) in [4.78, 5) is 0. The van der Waals surface area contributed by atoms with E-state index in [0.717, 1.165) is 5.56 Å². The van der Waals surface area contributed by atoms with E-state index in [-0.39, 0.29) is 5.75 Å². The van der Waals surface area contributed by atoms with E-state index in [1.165, 1.54) is 25.7 Å². The second-order valence-electron chi connectivity index (χ2n) is 4.10. The number of benzene rings is 1. The van der Waals surface area contributed by atoms with Crippen LogP contribution in [-0.2, 0) is 6.54 Å². The Morgan fingerprint density at radius 2 is 2.07 bits per heavy atom. The van der Waals surface area contributed by atoms with E-state index < -0.39 is 0 Å². The van der Waals surface area contributed by atoms with Crippen molar-refractivity contribution in [2.45, 2.75) is 38.3 Å². The van der Waals surface area contributed by atoms with Crippen LogP contribution in [0.1, 0.15) is 31.2 Å². The smallest absolute Gasteiger partial charge is 0.121 e. The highest BCUT2D eigenvalue weighted by molar-refractivity contribution is 6.31. The van der Waals surface area contributed by atoms with Crippen molar-refractivity contribution in [2.24, 2.45) is 0 Å². The summed E-state index contributed by atoms with van der Waals surface area (Å²) in [7, 11) is 0. The van der Waals surface area contributed by atoms with Crippen molar-refractivity contribution in [2.75, 3.05) is 0 Å². The number of aromatic hydroxyl groups is 1. The Balaban J connectivity index is 1.97. The molecule has 0 aliphatic heterocycles. The Hall–Kier alpha value is -0.730. The quantitative estimate of drug-likeness (QED) is 0.829. The van der Waals surface area contributed by atoms with Crippen LogP contribution in [-0.4, -0.2) is 11.1 Å². The maximum absolute atomic E-state index is 9.64. The zero-order valence-corrected chi connectivity index (χ0v) is 9.43. The van der Waals surface area contributed by atoms with Gasteiger partial charge < -0.3 is 10.4 Å². The molecule has 15 heavy (non-hydrogen) atoms. The summed E-state index contributed by atoms with van der Waals surface area (Å²) in [5, 5.41) is 13.7. The predicted octanol–water partition coefficient (Wildman–Crippen LogP) is 3.08. The van der Waals surface area contributed by atoms with E-state index in [1.807, 2.05) is 6.07 Å². The first-order chi connectivity index (χ1) is 7.27. The Labute approximate surface area is 95.3 Å². The third-order valence-corrected chi connectivity index (χ3v) is 3.37. The highest BCUT2D eigenvalue weighted by Gasteiger charge is 2.15. The molecule has 1 aliphatic carbocycles. The Kier molecular flexibility index (Phi) is 3.49. The number of halogens is 1. The van der Waals surface area contributed by atoms with Gasteiger partial charge in [0.25, 0.3) is 0 Å². The average molecular weight is 226 g/mol. The van der Waals surface area contributed by atoms with Crippen LogP contribution < -0.4 is 5.32 Å². The molecule has 0 bridgehead atoms. The summed E-state index contributed by atoms with van der Waals surface area (Å²) in [6.45, 7) is 0.663. The summed E-state index contributed by atoms with van der Waals surface area (Å²) in [6.07, 6.45) is 5.11. The zero-order valence-electron chi connectivity index (χ0n) is 8.67. The molecule has 2 nitrogen and oxygen atoms in total. The fraction of sp³-hybridized carbons (Fsp3) is 0.500. The molecule has 0 spiro atoms. The Morgan fingerprint density at radius 3 is 2.73 bits per heavy atom. The second-order valence-corrected chi connectivity index (χ2v) is 4.51. The van der Waals surface area contributed by atoms with Crippen molar-refractivity contribution in [1.29, 1.82) is 0 Å². The van der Waals surface area contributed by atoms with Crippen molar-refractivity contribution < 1.29 is 5.11 Å². The van der Waals surface area contributed by atoms with Gasteiger partial charge in [-0.25, -0.2) is 0 Å². The van der Waals surface area contributed by atoms with Gasteiger partial charge in [0.1, 0.15) is 5.75 Å². The number of hydrogen-bond acceptors (Lipinski definition) is 2. The molecule has 1 fully saturated rings. The molecule has 0 radical (unpaired) electrons. The number of phenols is 1. The van der Waals surface area contributed by atoms with Gasteiger partial charge in [-0.1, -0.05) is 30.5 Å². The first-order valence-electron chi connectivity index (χ1n) is 5.47. The van der Waals surface area contributed by atoms with Crippen LogP contribution in [0.15, 0.2) is 18.2 Å². The lowest BCUT2D eigenvalue weighted by Gasteiger charge is -2.13. The fourth-order valence-corrected chi connectivity index (χ4v) is 2.33. The lowest BCUT2D eigenvalue weighted by atomic mass is 10.1. The van der Waals surface area contributed by atoms with Crippen LogP contribution >= 0.6 is 11.6 Å². The number of rotatable bonds is 3. The minimum Gasteiger partial charge on any atom is -0.508 e. The summed E-state index contributed by atoms with van der Waals surface area (Å²) < 4.78 is 0. The molecule has 0 atom stereocenters. The van der Waals surface area contributed by atoms with E-state index in [9.17, 15) is 5.11 Å². The van der Waals surface area contributed by atoms with E-state index in [0.29, 0.717) is 17.6 Å². The minimum atomic E-state index is 0.285. The molecule has 0 aromatic heterocycles. The van der Waals surface area contributed by atoms with E-state index >= 15 is 0 Å². The highest BCUT2D eigenvalue weighted by Crippen LogP contribution is 2.26. The van der Waals surface area contributed by atoms with Crippen molar-refractivity contribution in [3.63, 3.8) is 0 Å². The standard InChI is InChI=1S/C12H16ClNO/c13-11-6-3-7-12(15)10(11)8-14-9-4-1-2-5-9/h3,6-7,9,14-15H,1-2,4-5,8H2. The second kappa shape index (κ2) is 4.86. The van der Waals surface area contributed by atoms with Gasteiger partial charge in [0, 0.05) is 23.2 Å². The lowest BCUT2D eigenvalue weighted by molar-refractivity contribution is 0.456. The van der Waals surface area contributed by atoms with E-state index in [1.54, 1.807) is 12.1 Å². The first-order valence-corrected chi connectivity index (χ1v) is 5.85. The molecule has 0 heterocycles. The van der Waals surface area contributed by atoms with E-state index in [2.05, 4.69) is 5.32 Å². The van der Waals surface area contributed by atoms with Crippen molar-refractivity contribution in [3.8, 4) is 5.75 Å². The van der Waals surface area contributed by atoms with E-state index in [4.69, 9.17) is 11.6 Å². The molecule has 0 saturated heterocycles. The highest BCUT2D eigenvalue weighted by atomic mass is 35.5. The van der Waals surface area contributed by atoms with Gasteiger partial charge in [0.05, 0.1) is 0 Å². The lowest BCUT2D eigenvalue weighted by Crippen LogP contribution is -2.25. The molecule has 0 unspecified atom stereocenters. The van der Waals surface area contributed by atoms with Gasteiger partial charge in [0.2, 0.25) is 0 Å². The van der Waals surface area contributed by atoms with Crippen LogP contribution in [0.2, 0.25) is 5.02 Å². The normalized spacial score (nSPS) is 17.1. The topological polar surface area (TPSA) is 32.3 Å². The van der Waals surface area contributed by atoms with Crippen LogP contribution in [0, 0.1) is 0 Å². The molecule has 1 aliphatic rings. The monoisotopic (exact) mass is 225 g/mol. The third-order valence-electron chi connectivity index (χ3n) is 3.02. The van der Waals surface area contributed by atoms with Crippen LogP contribution in [0.3, 0.4) is 0 Å². The number of nitrogens with one attached hydrogen (secondary N) is 1. The van der Waals surface area contributed by atoms with Gasteiger partial charge in [-0.2, -0.15) is 0 Å². The average Bonchev–Trinajstić information content (AvgIpc) is 2.70. The molecule has 1 saturated carbocycles. The molecule has 82 valence electrons. The van der Waals surface area contributed by atoms with Crippen LogP contribution in [0.5, 0.6) is 5.75 Å². The van der Waals surface area contributed by atoms with Crippen molar-refractivity contribution in [1.82, 2.24) is 5.32 Å². The first kappa shape index (κ1) is 10.8. The van der Waals surface area contributed by atoms with Gasteiger partial charge in [-0.3, -0.25) is 0 Å². The van der Waals surface area contributed by atoms with Gasteiger partial charge in [0.15, 0.2) is 0 Å². The largest absolute Gasteiger partial charge is 0.508 e. The van der Waals surface area contributed by atoms with Gasteiger partial charge in [-0.05, 0) is 25.0 Å². The number of hydrogen-bond donors (Lipinski definition) is 2. The third kappa shape index (κ3) is 2.64. The summed E-state index contributed by atoms with van der Waals surface area (Å²) >= 11 is 6.01. The maximum Gasteiger partial charge on any atom is 0.121 e. The fourth-order valence-electron chi connectivity index (χ4n) is 2.10.